The fraction of sp³-hybridized carbons (Fsp3) is 0.273. The molecule has 1 aromatic rings. The second-order valence-electron chi connectivity index (χ2n) is 2.94. The summed E-state index contributed by atoms with van der Waals surface area (Å²) in [6, 6.07) is 5.73. The monoisotopic (exact) mass is 177 g/mol. The molecule has 70 valence electrons. The number of nitrogen functional groups attached to an aromatic ring is 1. The second kappa shape index (κ2) is 4.55. The lowest BCUT2D eigenvalue weighted by atomic mass is 10.2. The molecule has 0 amide bonds. The van der Waals surface area contributed by atoms with E-state index in [2.05, 4.69) is 6.58 Å². The van der Waals surface area contributed by atoms with Crippen molar-refractivity contribution < 1.29 is 4.74 Å². The minimum Gasteiger partial charge on any atom is -0.493 e. The quantitative estimate of drug-likeness (QED) is 0.436. The predicted octanol–water partition coefficient (Wildman–Crippen LogP) is 2.53. The summed E-state index contributed by atoms with van der Waals surface area (Å²) in [6.45, 7) is 6.25. The topological polar surface area (TPSA) is 35.2 Å². The SMILES string of the molecule is C=CCCOc1ccc(C)c(N)c1. The van der Waals surface area contributed by atoms with Crippen LogP contribution in [0.1, 0.15) is 12.0 Å². The molecule has 13 heavy (non-hydrogen) atoms. The summed E-state index contributed by atoms with van der Waals surface area (Å²) in [5, 5.41) is 0. The Morgan fingerprint density at radius 3 is 2.92 bits per heavy atom. The molecule has 0 aliphatic carbocycles. The van der Waals surface area contributed by atoms with E-state index >= 15 is 0 Å². The number of nitrogens with two attached hydrogens (primary N) is 1. The first kappa shape index (κ1) is 9.65. The van der Waals surface area contributed by atoms with Gasteiger partial charge in [-0.2, -0.15) is 0 Å². The van der Waals surface area contributed by atoms with E-state index in [0.29, 0.717) is 6.61 Å². The fourth-order valence-electron chi connectivity index (χ4n) is 0.968. The molecular formula is C11H15NO. The molecule has 1 rings (SSSR count). The summed E-state index contributed by atoms with van der Waals surface area (Å²) >= 11 is 0. The van der Waals surface area contributed by atoms with Gasteiger partial charge in [-0.25, -0.2) is 0 Å². The summed E-state index contributed by atoms with van der Waals surface area (Å²) in [7, 11) is 0. The zero-order valence-corrected chi connectivity index (χ0v) is 7.92. The van der Waals surface area contributed by atoms with Crippen molar-refractivity contribution in [2.75, 3.05) is 12.3 Å². The molecule has 0 heterocycles. The van der Waals surface area contributed by atoms with E-state index in [1.54, 1.807) is 0 Å². The van der Waals surface area contributed by atoms with Gasteiger partial charge in [-0.05, 0) is 25.0 Å². The Bertz CT molecular complexity index is 294. The molecule has 1 aromatic carbocycles. The zero-order chi connectivity index (χ0) is 9.68. The molecule has 0 unspecified atom stereocenters. The maximum Gasteiger partial charge on any atom is 0.121 e. The molecule has 0 spiro atoms. The summed E-state index contributed by atoms with van der Waals surface area (Å²) in [5.74, 6) is 0.824. The number of ether oxygens (including phenoxy) is 1. The summed E-state index contributed by atoms with van der Waals surface area (Å²) < 4.78 is 5.43. The van der Waals surface area contributed by atoms with Crippen molar-refractivity contribution in [3.05, 3.63) is 36.4 Å². The minimum atomic E-state index is 0.659. The van der Waals surface area contributed by atoms with Crippen LogP contribution < -0.4 is 10.5 Å². The standard InChI is InChI=1S/C11H15NO/c1-3-4-7-13-10-6-5-9(2)11(12)8-10/h3,5-6,8H,1,4,7,12H2,2H3. The molecule has 0 radical (unpaired) electrons. The van der Waals surface area contributed by atoms with Crippen LogP contribution in [0.4, 0.5) is 5.69 Å². The van der Waals surface area contributed by atoms with Gasteiger partial charge in [0.05, 0.1) is 6.61 Å². The first-order valence-corrected chi connectivity index (χ1v) is 4.34. The van der Waals surface area contributed by atoms with Gasteiger partial charge in [0, 0.05) is 11.8 Å². The molecule has 0 fully saturated rings. The highest BCUT2D eigenvalue weighted by molar-refractivity contribution is 5.50. The molecule has 0 saturated carbocycles. The first-order chi connectivity index (χ1) is 6.24. The van der Waals surface area contributed by atoms with E-state index in [1.165, 1.54) is 0 Å². The second-order valence-corrected chi connectivity index (χ2v) is 2.94. The molecule has 0 aromatic heterocycles. The van der Waals surface area contributed by atoms with E-state index < -0.39 is 0 Å². The van der Waals surface area contributed by atoms with Gasteiger partial charge in [-0.1, -0.05) is 12.1 Å². The highest BCUT2D eigenvalue weighted by atomic mass is 16.5. The van der Waals surface area contributed by atoms with Crippen molar-refractivity contribution in [1.82, 2.24) is 0 Å². The van der Waals surface area contributed by atoms with Gasteiger partial charge in [0.25, 0.3) is 0 Å². The molecule has 0 aliphatic heterocycles. The molecule has 0 aliphatic rings. The van der Waals surface area contributed by atoms with Crippen LogP contribution in [0, 0.1) is 6.92 Å². The Morgan fingerprint density at radius 1 is 1.54 bits per heavy atom. The lowest BCUT2D eigenvalue weighted by molar-refractivity contribution is 0.325. The molecule has 0 bridgehead atoms. The van der Waals surface area contributed by atoms with Crippen LogP contribution in [0.15, 0.2) is 30.9 Å². The maximum atomic E-state index is 5.72. The van der Waals surface area contributed by atoms with Gasteiger partial charge in [0.2, 0.25) is 0 Å². The molecule has 0 atom stereocenters. The lowest BCUT2D eigenvalue weighted by Gasteiger charge is -2.06. The van der Waals surface area contributed by atoms with E-state index in [-0.39, 0.29) is 0 Å². The zero-order valence-electron chi connectivity index (χ0n) is 7.92. The summed E-state index contributed by atoms with van der Waals surface area (Å²) in [6.07, 6.45) is 2.69. The number of benzene rings is 1. The Balaban J connectivity index is 2.57. The largest absolute Gasteiger partial charge is 0.493 e. The van der Waals surface area contributed by atoms with E-state index in [4.69, 9.17) is 10.5 Å². The predicted molar refractivity (Wildman–Crippen MR) is 55.9 cm³/mol. The smallest absolute Gasteiger partial charge is 0.121 e. The molecule has 2 heteroatoms. The molecule has 2 N–H and O–H groups in total. The Morgan fingerprint density at radius 2 is 2.31 bits per heavy atom. The van der Waals surface area contributed by atoms with Crippen molar-refractivity contribution >= 4 is 5.69 Å². The number of anilines is 1. The average Bonchev–Trinajstić information content (AvgIpc) is 2.12. The molecule has 2 nitrogen and oxygen atoms in total. The van der Waals surface area contributed by atoms with Gasteiger partial charge in [0.1, 0.15) is 5.75 Å². The van der Waals surface area contributed by atoms with Crippen LogP contribution in [0.5, 0.6) is 5.75 Å². The third kappa shape index (κ3) is 2.82. The third-order valence-electron chi connectivity index (χ3n) is 1.84. The van der Waals surface area contributed by atoms with Crippen molar-refractivity contribution in [2.45, 2.75) is 13.3 Å². The van der Waals surface area contributed by atoms with Gasteiger partial charge < -0.3 is 10.5 Å². The van der Waals surface area contributed by atoms with Crippen LogP contribution in [-0.2, 0) is 0 Å². The van der Waals surface area contributed by atoms with Crippen molar-refractivity contribution in [3.8, 4) is 5.75 Å². The highest BCUT2D eigenvalue weighted by Crippen LogP contribution is 2.18. The highest BCUT2D eigenvalue weighted by Gasteiger charge is 1.96. The fourth-order valence-corrected chi connectivity index (χ4v) is 0.968. The van der Waals surface area contributed by atoms with Gasteiger partial charge in [0.15, 0.2) is 0 Å². The van der Waals surface area contributed by atoms with E-state index in [9.17, 15) is 0 Å². The Kier molecular flexibility index (Phi) is 3.38. The van der Waals surface area contributed by atoms with Crippen LogP contribution >= 0.6 is 0 Å². The van der Waals surface area contributed by atoms with Crippen molar-refractivity contribution in [2.24, 2.45) is 0 Å². The van der Waals surface area contributed by atoms with Crippen molar-refractivity contribution in [3.63, 3.8) is 0 Å². The summed E-state index contributed by atoms with van der Waals surface area (Å²) in [4.78, 5) is 0. The minimum absolute atomic E-state index is 0.659. The Labute approximate surface area is 79.0 Å². The molecular weight excluding hydrogens is 162 g/mol. The van der Waals surface area contributed by atoms with E-state index in [0.717, 1.165) is 23.4 Å². The maximum absolute atomic E-state index is 5.72. The number of hydrogen-bond acceptors (Lipinski definition) is 2. The average molecular weight is 177 g/mol. The van der Waals surface area contributed by atoms with Gasteiger partial charge in [-0.3, -0.25) is 0 Å². The number of rotatable bonds is 4. The van der Waals surface area contributed by atoms with Gasteiger partial charge >= 0.3 is 0 Å². The van der Waals surface area contributed by atoms with Gasteiger partial charge in [-0.15, -0.1) is 6.58 Å². The van der Waals surface area contributed by atoms with Crippen LogP contribution in [0.3, 0.4) is 0 Å². The van der Waals surface area contributed by atoms with Crippen molar-refractivity contribution in [1.29, 1.82) is 0 Å². The number of aryl methyl sites for hydroxylation is 1. The normalized spacial score (nSPS) is 9.62. The van der Waals surface area contributed by atoms with Crippen LogP contribution in [0.25, 0.3) is 0 Å². The first-order valence-electron chi connectivity index (χ1n) is 4.34. The number of hydrogen-bond donors (Lipinski definition) is 1. The van der Waals surface area contributed by atoms with E-state index in [1.807, 2.05) is 31.2 Å². The summed E-state index contributed by atoms with van der Waals surface area (Å²) in [5.41, 5.74) is 7.58. The lowest BCUT2D eigenvalue weighted by Crippen LogP contribution is -1.97. The van der Waals surface area contributed by atoms with Crippen LogP contribution in [0.2, 0.25) is 0 Å². The van der Waals surface area contributed by atoms with Crippen LogP contribution in [-0.4, -0.2) is 6.61 Å². The molecule has 0 saturated heterocycles. The third-order valence-corrected chi connectivity index (χ3v) is 1.84. The Hall–Kier alpha value is -1.44.